The molecule has 0 aliphatic rings. The van der Waals surface area contributed by atoms with Crippen LogP contribution >= 0.6 is 0 Å². The third-order valence-electron chi connectivity index (χ3n) is 3.68. The molecule has 3 heteroatoms. The normalized spacial score (nSPS) is 11.6. The van der Waals surface area contributed by atoms with Gasteiger partial charge in [0, 0.05) is 30.4 Å². The number of benzene rings is 1. The van der Waals surface area contributed by atoms with E-state index in [-0.39, 0.29) is 5.56 Å². The Morgan fingerprint density at radius 2 is 1.67 bits per heavy atom. The van der Waals surface area contributed by atoms with Gasteiger partial charge >= 0.3 is 0 Å². The molecular weight excluding hydrogens is 224 g/mol. The van der Waals surface area contributed by atoms with Crippen LogP contribution in [0.3, 0.4) is 0 Å². The zero-order valence-electron chi connectivity index (χ0n) is 11.1. The first-order chi connectivity index (χ1) is 8.50. The van der Waals surface area contributed by atoms with Gasteiger partial charge in [0.1, 0.15) is 5.65 Å². The molecule has 0 N–H and O–H groups in total. The fraction of sp³-hybridized carbons (Fsp3) is 0.267. The van der Waals surface area contributed by atoms with E-state index in [0.717, 1.165) is 22.1 Å². The molecule has 2 aromatic heterocycles. The minimum absolute atomic E-state index is 0.0742. The highest BCUT2D eigenvalue weighted by atomic mass is 16.1. The lowest BCUT2D eigenvalue weighted by molar-refractivity contribution is 0.837. The molecule has 18 heavy (non-hydrogen) atoms. The van der Waals surface area contributed by atoms with Crippen molar-refractivity contribution in [3.63, 3.8) is 0 Å². The zero-order valence-corrected chi connectivity index (χ0v) is 11.1. The molecule has 1 aromatic carbocycles. The molecule has 0 saturated carbocycles. The molecular formula is C15H16N2O. The average molecular weight is 240 g/mol. The van der Waals surface area contributed by atoms with Crippen LogP contribution in [0.5, 0.6) is 0 Å². The largest absolute Gasteiger partial charge is 0.330 e. The first kappa shape index (κ1) is 11.1. The van der Waals surface area contributed by atoms with Crippen LogP contribution in [-0.2, 0) is 14.1 Å². The fourth-order valence-corrected chi connectivity index (χ4v) is 2.76. The van der Waals surface area contributed by atoms with Crippen molar-refractivity contribution in [2.24, 2.45) is 14.1 Å². The lowest BCUT2D eigenvalue weighted by Gasteiger charge is -2.05. The summed E-state index contributed by atoms with van der Waals surface area (Å²) in [6, 6.07) is 8.40. The number of aromatic nitrogens is 2. The number of rotatable bonds is 0. The summed E-state index contributed by atoms with van der Waals surface area (Å²) in [5.41, 5.74) is 4.24. The van der Waals surface area contributed by atoms with Gasteiger partial charge in [0.2, 0.25) is 0 Å². The van der Waals surface area contributed by atoms with E-state index >= 15 is 0 Å². The number of hydrogen-bond acceptors (Lipinski definition) is 1. The van der Waals surface area contributed by atoms with Crippen LogP contribution in [0.25, 0.3) is 21.9 Å². The minimum atomic E-state index is 0.0742. The average Bonchev–Trinajstić information content (AvgIpc) is 2.60. The van der Waals surface area contributed by atoms with Crippen molar-refractivity contribution in [1.82, 2.24) is 9.13 Å². The van der Waals surface area contributed by atoms with Crippen LogP contribution in [0.4, 0.5) is 0 Å². The van der Waals surface area contributed by atoms with E-state index in [2.05, 4.69) is 29.7 Å². The number of fused-ring (bicyclic) bond motifs is 3. The molecule has 3 nitrogen and oxygen atoms in total. The highest BCUT2D eigenvalue weighted by Gasteiger charge is 2.12. The predicted molar refractivity (Wildman–Crippen MR) is 75.1 cm³/mol. The van der Waals surface area contributed by atoms with E-state index in [9.17, 15) is 4.79 Å². The molecule has 0 atom stereocenters. The molecule has 0 amide bonds. The topological polar surface area (TPSA) is 26.9 Å². The Morgan fingerprint density at radius 3 is 2.39 bits per heavy atom. The monoisotopic (exact) mass is 240 g/mol. The maximum absolute atomic E-state index is 12.0. The number of nitrogens with zero attached hydrogens (tertiary/aromatic N) is 2. The van der Waals surface area contributed by atoms with Gasteiger partial charge in [-0.2, -0.15) is 0 Å². The maximum Gasteiger partial charge on any atom is 0.254 e. The molecule has 3 rings (SSSR count). The van der Waals surface area contributed by atoms with E-state index in [1.54, 1.807) is 4.57 Å². The molecule has 0 radical (unpaired) electrons. The number of pyridine rings is 1. The summed E-state index contributed by atoms with van der Waals surface area (Å²) in [5, 5.41) is 2.36. The quantitative estimate of drug-likeness (QED) is 0.593. The summed E-state index contributed by atoms with van der Waals surface area (Å²) in [4.78, 5) is 12.0. The SMILES string of the molecule is Cc1ccc2c(c1)c1cc(C)c(=O)n(C)c1n2C. The Hall–Kier alpha value is -2.03. The van der Waals surface area contributed by atoms with Crippen molar-refractivity contribution < 1.29 is 0 Å². The van der Waals surface area contributed by atoms with Crippen molar-refractivity contribution in [2.75, 3.05) is 0 Å². The van der Waals surface area contributed by atoms with Gasteiger partial charge < -0.3 is 4.57 Å². The zero-order chi connectivity index (χ0) is 13.0. The molecule has 2 heterocycles. The Kier molecular flexibility index (Phi) is 2.14. The van der Waals surface area contributed by atoms with E-state index in [0.29, 0.717) is 0 Å². The second-order valence-electron chi connectivity index (χ2n) is 5.01. The lowest BCUT2D eigenvalue weighted by Crippen LogP contribution is -2.20. The molecule has 0 bridgehead atoms. The van der Waals surface area contributed by atoms with Crippen LogP contribution in [0, 0.1) is 13.8 Å². The molecule has 0 spiro atoms. The summed E-state index contributed by atoms with van der Waals surface area (Å²) in [5.74, 6) is 0. The summed E-state index contributed by atoms with van der Waals surface area (Å²) < 4.78 is 3.82. The fourth-order valence-electron chi connectivity index (χ4n) is 2.76. The lowest BCUT2D eigenvalue weighted by atomic mass is 10.1. The molecule has 0 unspecified atom stereocenters. The van der Waals surface area contributed by atoms with Crippen molar-refractivity contribution in [3.8, 4) is 0 Å². The maximum atomic E-state index is 12.0. The third kappa shape index (κ3) is 1.27. The number of hydrogen-bond donors (Lipinski definition) is 0. The van der Waals surface area contributed by atoms with Crippen molar-refractivity contribution in [1.29, 1.82) is 0 Å². The van der Waals surface area contributed by atoms with Crippen LogP contribution in [-0.4, -0.2) is 9.13 Å². The highest BCUT2D eigenvalue weighted by molar-refractivity contribution is 6.07. The molecule has 92 valence electrons. The second-order valence-corrected chi connectivity index (χ2v) is 5.01. The predicted octanol–water partition coefficient (Wildman–Crippen LogP) is 2.65. The molecule has 0 saturated heterocycles. The number of aryl methyl sites for hydroxylation is 4. The summed E-state index contributed by atoms with van der Waals surface area (Å²) >= 11 is 0. The van der Waals surface area contributed by atoms with Gasteiger partial charge in [-0.15, -0.1) is 0 Å². The van der Waals surface area contributed by atoms with Crippen molar-refractivity contribution in [2.45, 2.75) is 13.8 Å². The second kappa shape index (κ2) is 3.48. The van der Waals surface area contributed by atoms with Gasteiger partial charge in [-0.3, -0.25) is 9.36 Å². The Labute approximate surface area is 105 Å². The van der Waals surface area contributed by atoms with E-state index in [1.807, 2.05) is 27.1 Å². The van der Waals surface area contributed by atoms with E-state index in [4.69, 9.17) is 0 Å². The van der Waals surface area contributed by atoms with Gasteiger partial charge in [0.05, 0.1) is 5.52 Å². The van der Waals surface area contributed by atoms with Crippen LogP contribution in [0.1, 0.15) is 11.1 Å². The van der Waals surface area contributed by atoms with E-state index in [1.165, 1.54) is 10.9 Å². The van der Waals surface area contributed by atoms with Crippen LogP contribution in [0.15, 0.2) is 29.1 Å². The van der Waals surface area contributed by atoms with Crippen molar-refractivity contribution in [3.05, 3.63) is 45.7 Å². The highest BCUT2D eigenvalue weighted by Crippen LogP contribution is 2.28. The molecule has 0 aliphatic heterocycles. The van der Waals surface area contributed by atoms with Crippen molar-refractivity contribution >= 4 is 21.9 Å². The van der Waals surface area contributed by atoms with Gasteiger partial charge in [-0.1, -0.05) is 11.6 Å². The van der Waals surface area contributed by atoms with Crippen LogP contribution in [0.2, 0.25) is 0 Å². The summed E-state index contributed by atoms with van der Waals surface area (Å²) in [6.07, 6.45) is 0. The van der Waals surface area contributed by atoms with Gasteiger partial charge in [0.25, 0.3) is 5.56 Å². The standard InChI is InChI=1S/C15H16N2O/c1-9-5-6-13-11(7-9)12-8-10(2)15(18)17(4)14(12)16(13)3/h5-8H,1-4H3. The van der Waals surface area contributed by atoms with Crippen LogP contribution < -0.4 is 5.56 Å². The molecule has 3 aromatic rings. The van der Waals surface area contributed by atoms with Gasteiger partial charge in [-0.05, 0) is 32.0 Å². The summed E-state index contributed by atoms with van der Waals surface area (Å²) in [6.45, 7) is 3.96. The molecule has 0 aliphatic carbocycles. The minimum Gasteiger partial charge on any atom is -0.330 e. The smallest absolute Gasteiger partial charge is 0.254 e. The van der Waals surface area contributed by atoms with Gasteiger partial charge in [-0.25, -0.2) is 0 Å². The first-order valence-electron chi connectivity index (χ1n) is 6.06. The Balaban J connectivity index is 2.69. The molecule has 0 fully saturated rings. The first-order valence-corrected chi connectivity index (χ1v) is 6.06. The third-order valence-corrected chi connectivity index (χ3v) is 3.68. The van der Waals surface area contributed by atoms with E-state index < -0.39 is 0 Å². The Morgan fingerprint density at radius 1 is 0.944 bits per heavy atom. The van der Waals surface area contributed by atoms with Gasteiger partial charge in [0.15, 0.2) is 0 Å². The Bertz CT molecular complexity index is 837. The summed E-state index contributed by atoms with van der Waals surface area (Å²) in [7, 11) is 3.85.